The normalized spacial score (nSPS) is 15.5. The van der Waals surface area contributed by atoms with E-state index in [2.05, 4.69) is 4.90 Å². The number of nitrogens with zero attached hydrogens (tertiary/aromatic N) is 1. The lowest BCUT2D eigenvalue weighted by atomic mass is 10.1. The van der Waals surface area contributed by atoms with E-state index >= 15 is 0 Å². The summed E-state index contributed by atoms with van der Waals surface area (Å²) in [6, 6.07) is 5.81. The van der Waals surface area contributed by atoms with E-state index in [0.29, 0.717) is 12.0 Å². The number of ketones is 1. The first-order valence-electron chi connectivity index (χ1n) is 7.27. The number of halogens is 1. The van der Waals surface area contributed by atoms with Crippen LogP contribution in [0.3, 0.4) is 0 Å². The fraction of sp³-hybridized carbons (Fsp3) is 0.562. The average Bonchev–Trinajstić information content (AvgIpc) is 2.49. The summed E-state index contributed by atoms with van der Waals surface area (Å²) in [7, 11) is 0. The summed E-state index contributed by atoms with van der Waals surface area (Å²) in [5.74, 6) is -0.187. The molecule has 0 spiro atoms. The first-order chi connectivity index (χ1) is 9.25. The molecule has 0 aliphatic carbocycles. The molecule has 106 valence electrons. The molecule has 1 aliphatic rings. The van der Waals surface area contributed by atoms with Crippen LogP contribution in [0.25, 0.3) is 0 Å². The Labute approximate surface area is 115 Å². The van der Waals surface area contributed by atoms with E-state index in [0.717, 1.165) is 19.6 Å². The molecule has 2 nitrogen and oxygen atoms in total. The van der Waals surface area contributed by atoms with Gasteiger partial charge in [-0.1, -0.05) is 20.3 Å². The van der Waals surface area contributed by atoms with Crippen molar-refractivity contribution in [3.05, 3.63) is 35.6 Å². The summed E-state index contributed by atoms with van der Waals surface area (Å²) >= 11 is 0. The molecule has 0 radical (unpaired) electrons. The van der Waals surface area contributed by atoms with Gasteiger partial charge >= 0.3 is 0 Å². The van der Waals surface area contributed by atoms with Crippen LogP contribution in [0.2, 0.25) is 0 Å². The lowest BCUT2D eigenvalue weighted by Crippen LogP contribution is -2.31. The molecule has 0 saturated carbocycles. The summed E-state index contributed by atoms with van der Waals surface area (Å²) in [5, 5.41) is 0. The van der Waals surface area contributed by atoms with Crippen molar-refractivity contribution < 1.29 is 9.18 Å². The van der Waals surface area contributed by atoms with E-state index in [-0.39, 0.29) is 11.6 Å². The first kappa shape index (κ1) is 15.8. The third-order valence-corrected chi connectivity index (χ3v) is 3.27. The van der Waals surface area contributed by atoms with Crippen molar-refractivity contribution in [3.63, 3.8) is 0 Å². The quantitative estimate of drug-likeness (QED) is 0.769. The van der Waals surface area contributed by atoms with Crippen molar-refractivity contribution >= 4 is 5.78 Å². The van der Waals surface area contributed by atoms with Gasteiger partial charge < -0.3 is 4.90 Å². The Morgan fingerprint density at radius 2 is 1.68 bits per heavy atom. The van der Waals surface area contributed by atoms with Crippen LogP contribution in [-0.4, -0.2) is 30.3 Å². The highest BCUT2D eigenvalue weighted by Gasteiger charge is 2.12. The number of rotatable bonds is 4. The maximum Gasteiger partial charge on any atom is 0.164 e. The lowest BCUT2D eigenvalue weighted by molar-refractivity contribution is 0.0958. The van der Waals surface area contributed by atoms with Crippen molar-refractivity contribution in [1.29, 1.82) is 0 Å². The minimum atomic E-state index is -0.294. The van der Waals surface area contributed by atoms with Gasteiger partial charge in [0.05, 0.1) is 0 Å². The summed E-state index contributed by atoms with van der Waals surface area (Å²) in [5.41, 5.74) is 0.614. The van der Waals surface area contributed by atoms with Crippen LogP contribution in [0.15, 0.2) is 24.3 Å². The van der Waals surface area contributed by atoms with E-state index < -0.39 is 0 Å². The minimum Gasteiger partial charge on any atom is -0.303 e. The van der Waals surface area contributed by atoms with Crippen molar-refractivity contribution in [2.45, 2.75) is 39.5 Å². The van der Waals surface area contributed by atoms with E-state index in [1.807, 2.05) is 13.8 Å². The van der Waals surface area contributed by atoms with Gasteiger partial charge in [0.25, 0.3) is 0 Å². The average molecular weight is 265 g/mol. The van der Waals surface area contributed by atoms with Crippen molar-refractivity contribution in [3.8, 4) is 0 Å². The monoisotopic (exact) mass is 265 g/mol. The number of hydrogen-bond donors (Lipinski definition) is 0. The molecule has 0 N–H and O–H groups in total. The standard InChI is InChI=1S/C14H18FNO.C2H6/c15-13-6-4-12(5-7-13)14(17)8-11-16-9-2-1-3-10-16;1-2/h4-7H,1-3,8-11H2;1-2H3. The maximum atomic E-state index is 12.7. The van der Waals surface area contributed by atoms with Gasteiger partial charge in [0.1, 0.15) is 5.82 Å². The van der Waals surface area contributed by atoms with Crippen molar-refractivity contribution in [2.24, 2.45) is 0 Å². The molecule has 0 unspecified atom stereocenters. The van der Waals surface area contributed by atoms with Gasteiger partial charge in [-0.15, -0.1) is 0 Å². The molecule has 1 saturated heterocycles. The Kier molecular flexibility index (Phi) is 7.34. The van der Waals surface area contributed by atoms with Gasteiger partial charge in [0, 0.05) is 18.5 Å². The van der Waals surface area contributed by atoms with Gasteiger partial charge in [0.15, 0.2) is 5.78 Å². The summed E-state index contributed by atoms with van der Waals surface area (Å²) in [6.45, 7) is 7.05. The van der Waals surface area contributed by atoms with Gasteiger partial charge in [-0.25, -0.2) is 4.39 Å². The number of Topliss-reactive ketones (excluding diaryl/α,β-unsaturated/α-hetero) is 1. The molecule has 1 aromatic carbocycles. The molecule has 0 aromatic heterocycles. The summed E-state index contributed by atoms with van der Waals surface area (Å²) in [6.07, 6.45) is 4.32. The highest BCUT2D eigenvalue weighted by Crippen LogP contribution is 2.11. The number of benzene rings is 1. The molecule has 0 bridgehead atoms. The SMILES string of the molecule is CC.O=C(CCN1CCCCC1)c1ccc(F)cc1. The second-order valence-electron chi connectivity index (χ2n) is 4.58. The highest BCUT2D eigenvalue weighted by atomic mass is 19.1. The van der Waals surface area contributed by atoms with E-state index in [1.165, 1.54) is 31.4 Å². The molecular weight excluding hydrogens is 241 g/mol. The summed E-state index contributed by atoms with van der Waals surface area (Å²) < 4.78 is 12.7. The smallest absolute Gasteiger partial charge is 0.164 e. The third kappa shape index (κ3) is 5.52. The van der Waals surface area contributed by atoms with Gasteiger partial charge in [-0.3, -0.25) is 4.79 Å². The number of carbonyl (C=O) groups is 1. The van der Waals surface area contributed by atoms with Crippen LogP contribution < -0.4 is 0 Å². The second kappa shape index (κ2) is 8.81. The number of hydrogen-bond acceptors (Lipinski definition) is 2. The zero-order valence-electron chi connectivity index (χ0n) is 12.0. The Hall–Kier alpha value is -1.22. The summed E-state index contributed by atoms with van der Waals surface area (Å²) in [4.78, 5) is 14.2. The predicted octanol–water partition coefficient (Wildman–Crippen LogP) is 3.91. The Morgan fingerprint density at radius 1 is 1.11 bits per heavy atom. The largest absolute Gasteiger partial charge is 0.303 e. The van der Waals surface area contributed by atoms with Crippen LogP contribution in [-0.2, 0) is 0 Å². The Bertz CT molecular complexity index is 369. The minimum absolute atomic E-state index is 0.107. The van der Waals surface area contributed by atoms with Crippen LogP contribution in [0.4, 0.5) is 4.39 Å². The van der Waals surface area contributed by atoms with Gasteiger partial charge in [-0.05, 0) is 50.2 Å². The van der Waals surface area contributed by atoms with Crippen LogP contribution in [0.1, 0.15) is 49.9 Å². The molecule has 19 heavy (non-hydrogen) atoms. The molecular formula is C16H24FNO. The Morgan fingerprint density at radius 3 is 2.26 bits per heavy atom. The zero-order chi connectivity index (χ0) is 14.1. The number of carbonyl (C=O) groups excluding carboxylic acids is 1. The third-order valence-electron chi connectivity index (χ3n) is 3.27. The topological polar surface area (TPSA) is 20.3 Å². The maximum absolute atomic E-state index is 12.7. The second-order valence-corrected chi connectivity index (χ2v) is 4.58. The van der Waals surface area contributed by atoms with Crippen LogP contribution in [0, 0.1) is 5.82 Å². The lowest BCUT2D eigenvalue weighted by Gasteiger charge is -2.25. The molecule has 1 heterocycles. The van der Waals surface area contributed by atoms with Crippen molar-refractivity contribution in [2.75, 3.05) is 19.6 Å². The molecule has 2 rings (SSSR count). The number of likely N-dealkylation sites (tertiary alicyclic amines) is 1. The van der Waals surface area contributed by atoms with Crippen LogP contribution in [0.5, 0.6) is 0 Å². The molecule has 3 heteroatoms. The molecule has 1 fully saturated rings. The van der Waals surface area contributed by atoms with Crippen molar-refractivity contribution in [1.82, 2.24) is 4.90 Å². The van der Waals surface area contributed by atoms with E-state index in [9.17, 15) is 9.18 Å². The van der Waals surface area contributed by atoms with E-state index in [4.69, 9.17) is 0 Å². The predicted molar refractivity (Wildman–Crippen MR) is 77.0 cm³/mol. The highest BCUT2D eigenvalue weighted by molar-refractivity contribution is 5.96. The first-order valence-corrected chi connectivity index (χ1v) is 7.27. The molecule has 0 atom stereocenters. The molecule has 0 amide bonds. The zero-order valence-corrected chi connectivity index (χ0v) is 12.0. The van der Waals surface area contributed by atoms with Gasteiger partial charge in [-0.2, -0.15) is 0 Å². The van der Waals surface area contributed by atoms with E-state index in [1.54, 1.807) is 12.1 Å². The fourth-order valence-electron chi connectivity index (χ4n) is 2.22. The fourth-order valence-corrected chi connectivity index (χ4v) is 2.22. The number of piperidine rings is 1. The van der Waals surface area contributed by atoms with Gasteiger partial charge in [0.2, 0.25) is 0 Å². The molecule has 1 aromatic rings. The molecule has 1 aliphatic heterocycles. The Balaban J connectivity index is 0.000000861. The van der Waals surface area contributed by atoms with Crippen LogP contribution >= 0.6 is 0 Å².